The lowest BCUT2D eigenvalue weighted by molar-refractivity contribution is 0.102. The van der Waals surface area contributed by atoms with E-state index in [1.807, 2.05) is 0 Å². The maximum absolute atomic E-state index is 12.6. The highest BCUT2D eigenvalue weighted by Crippen LogP contribution is 2.33. The largest absolute Gasteiger partial charge is 0.454 e. The summed E-state index contributed by atoms with van der Waals surface area (Å²) in [6.07, 6.45) is 0.496. The number of ether oxygens (including phenoxy) is 2. The lowest BCUT2D eigenvalue weighted by Gasteiger charge is -2.14. The molecule has 4 rings (SSSR count). The fraction of sp³-hybridized carbons (Fsp3) is 0.375. The Hall–Kier alpha value is -2.55. The second kappa shape index (κ2) is 5.76. The van der Waals surface area contributed by atoms with Gasteiger partial charge in [0.15, 0.2) is 21.3 Å². The van der Waals surface area contributed by atoms with E-state index >= 15 is 0 Å². The smallest absolute Gasteiger partial charge is 0.256 e. The number of amides is 1. The van der Waals surface area contributed by atoms with Crippen molar-refractivity contribution >= 4 is 21.6 Å². The third-order valence-electron chi connectivity index (χ3n) is 4.29. The Bertz CT molecular complexity index is 951. The SMILES string of the molecule is Cc1cc(NC(=O)c2ccc3c(c2)OCO3)n([C@H]2CCS(=O)(=O)C2)n1. The fourth-order valence-electron chi connectivity index (χ4n) is 3.08. The number of benzene rings is 1. The van der Waals surface area contributed by atoms with Crippen molar-refractivity contribution in [1.29, 1.82) is 0 Å². The highest BCUT2D eigenvalue weighted by molar-refractivity contribution is 7.91. The van der Waals surface area contributed by atoms with Crippen LogP contribution in [-0.4, -0.2) is 42.4 Å². The number of nitrogens with one attached hydrogen (secondary N) is 1. The van der Waals surface area contributed by atoms with Crippen LogP contribution in [0.4, 0.5) is 5.82 Å². The fourth-order valence-corrected chi connectivity index (χ4v) is 4.77. The minimum Gasteiger partial charge on any atom is -0.454 e. The minimum absolute atomic E-state index is 0.0427. The van der Waals surface area contributed by atoms with E-state index in [1.54, 1.807) is 35.9 Å². The predicted molar refractivity (Wildman–Crippen MR) is 89.8 cm³/mol. The normalized spacial score (nSPS) is 20.6. The first-order chi connectivity index (χ1) is 11.9. The number of anilines is 1. The van der Waals surface area contributed by atoms with Crippen molar-refractivity contribution in [3.8, 4) is 11.5 Å². The Balaban J connectivity index is 1.58. The van der Waals surface area contributed by atoms with Gasteiger partial charge in [-0.05, 0) is 31.5 Å². The van der Waals surface area contributed by atoms with Crippen molar-refractivity contribution in [2.24, 2.45) is 0 Å². The maximum Gasteiger partial charge on any atom is 0.256 e. The van der Waals surface area contributed by atoms with E-state index in [2.05, 4.69) is 10.4 Å². The Morgan fingerprint density at radius 1 is 1.28 bits per heavy atom. The number of hydrogen-bond acceptors (Lipinski definition) is 6. The molecule has 0 radical (unpaired) electrons. The van der Waals surface area contributed by atoms with Gasteiger partial charge in [-0.25, -0.2) is 13.1 Å². The molecule has 0 spiro atoms. The number of rotatable bonds is 3. The Labute approximate surface area is 144 Å². The molecule has 1 amide bonds. The predicted octanol–water partition coefficient (Wildman–Crippen LogP) is 1.53. The number of aromatic nitrogens is 2. The van der Waals surface area contributed by atoms with Crippen LogP contribution in [0.25, 0.3) is 0 Å². The van der Waals surface area contributed by atoms with Gasteiger partial charge in [-0.15, -0.1) is 0 Å². The summed E-state index contributed by atoms with van der Waals surface area (Å²) in [6.45, 7) is 1.94. The maximum atomic E-state index is 12.6. The number of fused-ring (bicyclic) bond motifs is 1. The third-order valence-corrected chi connectivity index (χ3v) is 6.04. The lowest BCUT2D eigenvalue weighted by atomic mass is 10.2. The van der Waals surface area contributed by atoms with Gasteiger partial charge >= 0.3 is 0 Å². The van der Waals surface area contributed by atoms with Gasteiger partial charge in [-0.3, -0.25) is 4.79 Å². The number of nitrogens with zero attached hydrogens (tertiary/aromatic N) is 2. The molecule has 8 nitrogen and oxygen atoms in total. The van der Waals surface area contributed by atoms with E-state index in [0.717, 1.165) is 0 Å². The van der Waals surface area contributed by atoms with E-state index in [0.29, 0.717) is 35.0 Å². The summed E-state index contributed by atoms with van der Waals surface area (Å²) in [7, 11) is -3.04. The van der Waals surface area contributed by atoms with Crippen LogP contribution in [0.15, 0.2) is 24.3 Å². The van der Waals surface area contributed by atoms with Crippen LogP contribution in [0.1, 0.15) is 28.5 Å². The summed E-state index contributed by atoms with van der Waals surface area (Å²) >= 11 is 0. The molecule has 0 saturated carbocycles. The molecule has 0 unspecified atom stereocenters. The molecular formula is C16H17N3O5S. The quantitative estimate of drug-likeness (QED) is 0.888. The van der Waals surface area contributed by atoms with Gasteiger partial charge in [-0.1, -0.05) is 0 Å². The van der Waals surface area contributed by atoms with Gasteiger partial charge < -0.3 is 14.8 Å². The zero-order valence-electron chi connectivity index (χ0n) is 13.6. The topological polar surface area (TPSA) is 99.5 Å². The molecule has 1 aromatic heterocycles. The first-order valence-electron chi connectivity index (χ1n) is 7.89. The average molecular weight is 363 g/mol. The van der Waals surface area contributed by atoms with Crippen molar-refractivity contribution < 1.29 is 22.7 Å². The van der Waals surface area contributed by atoms with Gasteiger partial charge in [-0.2, -0.15) is 5.10 Å². The van der Waals surface area contributed by atoms with E-state index in [9.17, 15) is 13.2 Å². The second-order valence-corrected chi connectivity index (χ2v) is 8.42. The molecule has 1 fully saturated rings. The molecule has 1 atom stereocenters. The molecule has 2 aliphatic rings. The number of aryl methyl sites for hydroxylation is 1. The summed E-state index contributed by atoms with van der Waals surface area (Å²) < 4.78 is 35.6. The van der Waals surface area contributed by atoms with Gasteiger partial charge in [0.05, 0.1) is 23.2 Å². The standard InChI is InChI=1S/C16H17N3O5S/c1-10-6-15(19(18-10)12-4-5-25(21,22)8-12)17-16(20)11-2-3-13-14(7-11)24-9-23-13/h2-3,6-7,12H,4-5,8-9H2,1H3,(H,17,20)/t12-/m0/s1. The summed E-state index contributed by atoms with van der Waals surface area (Å²) in [5, 5.41) is 7.17. The summed E-state index contributed by atoms with van der Waals surface area (Å²) in [5.41, 5.74) is 1.14. The zero-order valence-corrected chi connectivity index (χ0v) is 14.4. The monoisotopic (exact) mass is 363 g/mol. The van der Waals surface area contributed by atoms with Crippen molar-refractivity contribution in [2.45, 2.75) is 19.4 Å². The summed E-state index contributed by atoms with van der Waals surface area (Å²) in [6, 6.07) is 6.42. The van der Waals surface area contributed by atoms with Crippen molar-refractivity contribution in [3.63, 3.8) is 0 Å². The molecule has 2 aromatic rings. The second-order valence-electron chi connectivity index (χ2n) is 6.19. The molecule has 1 aromatic carbocycles. The Morgan fingerprint density at radius 2 is 2.08 bits per heavy atom. The lowest BCUT2D eigenvalue weighted by Crippen LogP contribution is -2.19. The molecule has 0 aliphatic carbocycles. The van der Waals surface area contributed by atoms with Gasteiger partial charge in [0.25, 0.3) is 5.91 Å². The first-order valence-corrected chi connectivity index (χ1v) is 9.71. The number of carbonyl (C=O) groups excluding carboxylic acids is 1. The van der Waals surface area contributed by atoms with Crippen LogP contribution < -0.4 is 14.8 Å². The molecule has 3 heterocycles. The van der Waals surface area contributed by atoms with E-state index in [-0.39, 0.29) is 30.2 Å². The van der Waals surface area contributed by atoms with E-state index in [1.165, 1.54) is 0 Å². The molecule has 2 aliphatic heterocycles. The zero-order chi connectivity index (χ0) is 17.6. The van der Waals surface area contributed by atoms with Crippen LogP contribution in [0.2, 0.25) is 0 Å². The average Bonchev–Trinajstić information content (AvgIpc) is 3.25. The van der Waals surface area contributed by atoms with Gasteiger partial charge in [0.2, 0.25) is 6.79 Å². The van der Waals surface area contributed by atoms with Crippen molar-refractivity contribution in [3.05, 3.63) is 35.5 Å². The van der Waals surface area contributed by atoms with Crippen LogP contribution in [0, 0.1) is 6.92 Å². The highest BCUT2D eigenvalue weighted by Gasteiger charge is 2.31. The molecule has 1 saturated heterocycles. The number of hydrogen-bond donors (Lipinski definition) is 1. The number of sulfone groups is 1. The summed E-state index contributed by atoms with van der Waals surface area (Å²) in [4.78, 5) is 12.6. The molecular weight excluding hydrogens is 346 g/mol. The van der Waals surface area contributed by atoms with Gasteiger partial charge in [0.1, 0.15) is 5.82 Å². The molecule has 9 heteroatoms. The van der Waals surface area contributed by atoms with Crippen LogP contribution in [-0.2, 0) is 9.84 Å². The number of carbonyl (C=O) groups is 1. The Kier molecular flexibility index (Phi) is 3.68. The van der Waals surface area contributed by atoms with Crippen LogP contribution in [0.3, 0.4) is 0 Å². The van der Waals surface area contributed by atoms with Crippen LogP contribution >= 0.6 is 0 Å². The molecule has 0 bridgehead atoms. The Morgan fingerprint density at radius 3 is 2.84 bits per heavy atom. The van der Waals surface area contributed by atoms with Gasteiger partial charge in [0, 0.05) is 11.6 Å². The third kappa shape index (κ3) is 3.07. The van der Waals surface area contributed by atoms with Crippen molar-refractivity contribution in [1.82, 2.24) is 9.78 Å². The van der Waals surface area contributed by atoms with E-state index in [4.69, 9.17) is 9.47 Å². The first kappa shape index (κ1) is 15.9. The van der Waals surface area contributed by atoms with E-state index < -0.39 is 9.84 Å². The summed E-state index contributed by atoms with van der Waals surface area (Å²) in [5.74, 6) is 1.49. The highest BCUT2D eigenvalue weighted by atomic mass is 32.2. The molecule has 25 heavy (non-hydrogen) atoms. The van der Waals surface area contributed by atoms with Crippen LogP contribution in [0.5, 0.6) is 11.5 Å². The molecule has 1 N–H and O–H groups in total. The minimum atomic E-state index is -3.04. The molecule has 132 valence electrons. The van der Waals surface area contributed by atoms with Crippen molar-refractivity contribution in [2.75, 3.05) is 23.6 Å².